The van der Waals surface area contributed by atoms with Gasteiger partial charge in [0.25, 0.3) is 5.91 Å². The minimum atomic E-state index is -0.672. The van der Waals surface area contributed by atoms with Gasteiger partial charge in [0.15, 0.2) is 17.3 Å². The lowest BCUT2D eigenvalue weighted by molar-refractivity contribution is 0.0528. The molecule has 0 spiro atoms. The quantitative estimate of drug-likeness (QED) is 0.283. The van der Waals surface area contributed by atoms with Gasteiger partial charge in [0.05, 0.1) is 11.6 Å². The summed E-state index contributed by atoms with van der Waals surface area (Å²) < 4.78 is 30.2. The van der Waals surface area contributed by atoms with Crippen LogP contribution in [0.4, 0.5) is 9.18 Å². The van der Waals surface area contributed by atoms with Crippen LogP contribution in [-0.2, 0) is 24.6 Å². The van der Waals surface area contributed by atoms with Gasteiger partial charge in [-0.25, -0.2) is 14.2 Å². The van der Waals surface area contributed by atoms with E-state index in [0.717, 1.165) is 17.0 Å². The highest BCUT2D eigenvalue weighted by Gasteiger charge is 2.22. The highest BCUT2D eigenvalue weighted by molar-refractivity contribution is 6.31. The normalized spacial score (nSPS) is 11.5. The Bertz CT molecular complexity index is 1620. The van der Waals surface area contributed by atoms with Gasteiger partial charge in [-0.2, -0.15) is 5.10 Å². The number of hydrogen-bond acceptors (Lipinski definition) is 6. The van der Waals surface area contributed by atoms with Crippen molar-refractivity contribution < 1.29 is 23.5 Å². The maximum atomic E-state index is 15.4. The number of carbonyl (C=O) groups is 2. The van der Waals surface area contributed by atoms with E-state index in [-0.39, 0.29) is 23.3 Å². The van der Waals surface area contributed by atoms with Crippen LogP contribution >= 0.6 is 11.6 Å². The molecule has 0 radical (unpaired) electrons. The smallest absolute Gasteiger partial charge is 0.407 e. The number of rotatable bonds is 9. The summed E-state index contributed by atoms with van der Waals surface area (Å²) in [5.41, 5.74) is 4.08. The number of aromatic nitrogens is 4. The third-order valence-electron chi connectivity index (χ3n) is 6.66. The molecule has 0 aliphatic carbocycles. The Morgan fingerprint density at radius 2 is 1.88 bits per heavy atom. The number of aryl methyl sites for hydroxylation is 1. The molecular formula is C30H36ClFN6O4. The number of carbonyl (C=O) groups excluding carboxylic acids is 2. The van der Waals surface area contributed by atoms with E-state index in [1.807, 2.05) is 29.7 Å². The van der Waals surface area contributed by atoms with Crippen molar-refractivity contribution in [2.24, 2.45) is 7.05 Å². The molecule has 3 aromatic heterocycles. The molecule has 0 atom stereocenters. The molecule has 12 heteroatoms. The predicted molar refractivity (Wildman–Crippen MR) is 159 cm³/mol. The molecule has 0 fully saturated rings. The van der Waals surface area contributed by atoms with Crippen molar-refractivity contribution in [2.75, 3.05) is 27.2 Å². The molecular weight excluding hydrogens is 563 g/mol. The Kier molecular flexibility index (Phi) is 9.10. The molecule has 1 aromatic carbocycles. The summed E-state index contributed by atoms with van der Waals surface area (Å²) in [6.07, 6.45) is 3.93. The Hall–Kier alpha value is -4.12. The molecule has 0 aliphatic rings. The summed E-state index contributed by atoms with van der Waals surface area (Å²) in [5, 5.41) is 7.06. The lowest BCUT2D eigenvalue weighted by atomic mass is 10.1. The number of benzene rings is 1. The highest BCUT2D eigenvalue weighted by Crippen LogP contribution is 2.36. The fourth-order valence-electron chi connectivity index (χ4n) is 4.47. The second-order valence-electron chi connectivity index (χ2n) is 11.1. The van der Waals surface area contributed by atoms with Crippen LogP contribution in [0, 0.1) is 12.7 Å². The average Bonchev–Trinajstić information content (AvgIpc) is 3.44. The van der Waals surface area contributed by atoms with Gasteiger partial charge < -0.3 is 24.1 Å². The van der Waals surface area contributed by atoms with Crippen molar-refractivity contribution in [3.05, 3.63) is 70.1 Å². The first-order valence-corrected chi connectivity index (χ1v) is 13.9. The summed E-state index contributed by atoms with van der Waals surface area (Å²) in [4.78, 5) is 30.6. The van der Waals surface area contributed by atoms with E-state index in [0.29, 0.717) is 41.9 Å². The van der Waals surface area contributed by atoms with Crippen molar-refractivity contribution in [1.29, 1.82) is 0 Å². The van der Waals surface area contributed by atoms with Gasteiger partial charge in [-0.05, 0) is 52.0 Å². The Labute approximate surface area is 249 Å². The lowest BCUT2D eigenvalue weighted by Gasteiger charge is -2.19. The standard InChI is InChI=1S/C30H36ClFN6O4/c1-18-21(26(35-37(18)7)28(39)36(5)6)13-15-41-27-22(9-10-23(31)25(27)32)19-8-11-24-34-16-20(38(24)17-19)12-14-33-29(40)42-30(2,3)4/h8-11,16-17H,12-15H2,1-7H3,(H,33,40). The maximum Gasteiger partial charge on any atom is 0.407 e. The van der Waals surface area contributed by atoms with E-state index < -0.39 is 17.5 Å². The van der Waals surface area contributed by atoms with Gasteiger partial charge >= 0.3 is 6.09 Å². The predicted octanol–water partition coefficient (Wildman–Crippen LogP) is 5.23. The Morgan fingerprint density at radius 1 is 1.14 bits per heavy atom. The fourth-order valence-corrected chi connectivity index (χ4v) is 4.62. The van der Waals surface area contributed by atoms with Crippen molar-refractivity contribution in [2.45, 2.75) is 46.1 Å². The molecule has 4 rings (SSSR count). The number of hydrogen-bond donors (Lipinski definition) is 1. The lowest BCUT2D eigenvalue weighted by Crippen LogP contribution is -2.33. The number of halogens is 2. The SMILES string of the molecule is Cc1c(CCOc2c(-c3ccc4ncc(CCNC(=O)OC(C)(C)C)n4c3)ccc(Cl)c2F)c(C(=O)N(C)C)nn1C. The second kappa shape index (κ2) is 12.4. The zero-order chi connectivity index (χ0) is 30.8. The van der Waals surface area contributed by atoms with Gasteiger partial charge in [-0.1, -0.05) is 11.6 Å². The van der Waals surface area contributed by atoms with E-state index in [9.17, 15) is 9.59 Å². The number of alkyl carbamates (subject to hydrolysis) is 1. The highest BCUT2D eigenvalue weighted by atomic mass is 35.5. The number of nitrogens with one attached hydrogen (secondary N) is 1. The third-order valence-corrected chi connectivity index (χ3v) is 6.95. The van der Waals surface area contributed by atoms with Crippen LogP contribution in [0.1, 0.15) is 48.2 Å². The topological polar surface area (TPSA) is 103 Å². The van der Waals surface area contributed by atoms with E-state index in [2.05, 4.69) is 15.4 Å². The van der Waals surface area contributed by atoms with Gasteiger partial charge in [-0.3, -0.25) is 9.48 Å². The molecule has 0 saturated carbocycles. The molecule has 224 valence electrons. The summed E-state index contributed by atoms with van der Waals surface area (Å²) in [6.45, 7) is 7.74. The van der Waals surface area contributed by atoms with Gasteiger partial charge in [0.2, 0.25) is 0 Å². The minimum Gasteiger partial charge on any atom is -0.489 e. The van der Waals surface area contributed by atoms with Crippen molar-refractivity contribution in [3.8, 4) is 16.9 Å². The van der Waals surface area contributed by atoms with E-state index in [1.54, 1.807) is 58.9 Å². The largest absolute Gasteiger partial charge is 0.489 e. The monoisotopic (exact) mass is 598 g/mol. The number of fused-ring (bicyclic) bond motifs is 1. The molecule has 3 heterocycles. The van der Waals surface area contributed by atoms with Crippen LogP contribution in [0.15, 0.2) is 36.7 Å². The fraction of sp³-hybridized carbons (Fsp3) is 0.400. The van der Waals surface area contributed by atoms with Crippen LogP contribution in [0.2, 0.25) is 5.02 Å². The Morgan fingerprint density at radius 3 is 2.57 bits per heavy atom. The summed E-state index contributed by atoms with van der Waals surface area (Å²) in [6, 6.07) is 6.86. The summed E-state index contributed by atoms with van der Waals surface area (Å²) in [5.74, 6) is -0.875. The summed E-state index contributed by atoms with van der Waals surface area (Å²) >= 11 is 6.15. The van der Waals surface area contributed by atoms with Crippen molar-refractivity contribution >= 4 is 29.2 Å². The zero-order valence-corrected chi connectivity index (χ0v) is 25.7. The van der Waals surface area contributed by atoms with Gasteiger partial charge in [0, 0.05) is 81.0 Å². The molecule has 42 heavy (non-hydrogen) atoms. The molecule has 0 aliphatic heterocycles. The zero-order valence-electron chi connectivity index (χ0n) is 24.9. The van der Waals surface area contributed by atoms with Crippen LogP contribution in [0.5, 0.6) is 5.75 Å². The van der Waals surface area contributed by atoms with Crippen molar-refractivity contribution in [3.63, 3.8) is 0 Å². The number of imidazole rings is 1. The van der Waals surface area contributed by atoms with Gasteiger partial charge in [0.1, 0.15) is 11.2 Å². The first kappa shape index (κ1) is 30.8. The minimum absolute atomic E-state index is 0.0112. The molecule has 4 aromatic rings. The molecule has 0 unspecified atom stereocenters. The molecule has 1 N–H and O–H groups in total. The summed E-state index contributed by atoms with van der Waals surface area (Å²) in [7, 11) is 5.11. The first-order valence-electron chi connectivity index (χ1n) is 13.5. The first-order chi connectivity index (χ1) is 19.8. The third kappa shape index (κ3) is 6.84. The van der Waals surface area contributed by atoms with E-state index in [4.69, 9.17) is 21.1 Å². The molecule has 0 saturated heterocycles. The van der Waals surface area contributed by atoms with Crippen LogP contribution < -0.4 is 10.1 Å². The van der Waals surface area contributed by atoms with Crippen LogP contribution in [0.3, 0.4) is 0 Å². The average molecular weight is 599 g/mol. The maximum absolute atomic E-state index is 15.4. The number of pyridine rings is 1. The Balaban J connectivity index is 1.56. The van der Waals surface area contributed by atoms with Crippen LogP contribution in [-0.4, -0.2) is 68.9 Å². The van der Waals surface area contributed by atoms with Crippen LogP contribution in [0.25, 0.3) is 16.8 Å². The molecule has 2 amide bonds. The van der Waals surface area contributed by atoms with E-state index in [1.165, 1.54) is 11.0 Å². The number of nitrogens with zero attached hydrogens (tertiary/aromatic N) is 5. The number of ether oxygens (including phenoxy) is 2. The second-order valence-corrected chi connectivity index (χ2v) is 11.6. The molecule has 0 bridgehead atoms. The van der Waals surface area contributed by atoms with Gasteiger partial charge in [-0.15, -0.1) is 0 Å². The van der Waals surface area contributed by atoms with Crippen molar-refractivity contribution in [1.82, 2.24) is 29.4 Å². The van der Waals surface area contributed by atoms with E-state index >= 15 is 4.39 Å². The number of amides is 2. The molecule has 10 nitrogen and oxygen atoms in total.